The number of hydrogen-bond donors (Lipinski definition) is 0. The molecule has 0 fully saturated rings. The first-order valence-electron chi connectivity index (χ1n) is 5.90. The smallest absolute Gasteiger partial charge is 0.309 e. The number of rotatable bonds is 7. The zero-order valence-corrected chi connectivity index (χ0v) is 10.7. The molecule has 0 radical (unpaired) electrons. The summed E-state index contributed by atoms with van der Waals surface area (Å²) >= 11 is 0. The molecule has 2 unspecified atom stereocenters. The van der Waals surface area contributed by atoms with Crippen LogP contribution in [0.4, 0.5) is 0 Å². The lowest BCUT2D eigenvalue weighted by Gasteiger charge is -2.30. The predicted octanol–water partition coefficient (Wildman–Crippen LogP) is 2.31. The SMILES string of the molecule is CCCCN(CC)C(C)C(C)C(=O)OC. The Morgan fingerprint density at radius 2 is 1.93 bits per heavy atom. The van der Waals surface area contributed by atoms with Crippen LogP contribution in [0.15, 0.2) is 0 Å². The molecule has 0 heterocycles. The highest BCUT2D eigenvalue weighted by Gasteiger charge is 2.24. The van der Waals surface area contributed by atoms with E-state index in [0.717, 1.165) is 13.1 Å². The summed E-state index contributed by atoms with van der Waals surface area (Å²) < 4.78 is 4.77. The Labute approximate surface area is 93.8 Å². The van der Waals surface area contributed by atoms with E-state index in [-0.39, 0.29) is 17.9 Å². The molecule has 0 aliphatic rings. The van der Waals surface area contributed by atoms with E-state index < -0.39 is 0 Å². The number of esters is 1. The Kier molecular flexibility index (Phi) is 7.39. The van der Waals surface area contributed by atoms with Gasteiger partial charge in [-0.05, 0) is 26.4 Å². The lowest BCUT2D eigenvalue weighted by atomic mass is 10.0. The van der Waals surface area contributed by atoms with E-state index in [0.29, 0.717) is 0 Å². The van der Waals surface area contributed by atoms with Crippen LogP contribution in [0.25, 0.3) is 0 Å². The standard InChI is InChI=1S/C12H25NO2/c1-6-8-9-13(7-2)11(4)10(3)12(14)15-5/h10-11H,6-9H2,1-5H3. The van der Waals surface area contributed by atoms with Gasteiger partial charge in [-0.1, -0.05) is 27.2 Å². The maximum atomic E-state index is 11.4. The number of carbonyl (C=O) groups excluding carboxylic acids is 1. The lowest BCUT2D eigenvalue weighted by molar-refractivity contribution is -0.147. The number of unbranched alkanes of at least 4 members (excludes halogenated alkanes) is 1. The molecule has 0 aliphatic heterocycles. The highest BCUT2D eigenvalue weighted by Crippen LogP contribution is 2.13. The van der Waals surface area contributed by atoms with Gasteiger partial charge in [0.2, 0.25) is 0 Å². The zero-order chi connectivity index (χ0) is 11.8. The largest absolute Gasteiger partial charge is 0.469 e. The summed E-state index contributed by atoms with van der Waals surface area (Å²) in [7, 11) is 1.45. The second kappa shape index (κ2) is 7.69. The molecule has 0 amide bonds. The van der Waals surface area contributed by atoms with Crippen molar-refractivity contribution in [1.29, 1.82) is 0 Å². The quantitative estimate of drug-likeness (QED) is 0.610. The highest BCUT2D eigenvalue weighted by atomic mass is 16.5. The van der Waals surface area contributed by atoms with Crippen molar-refractivity contribution < 1.29 is 9.53 Å². The van der Waals surface area contributed by atoms with E-state index in [2.05, 4.69) is 25.7 Å². The van der Waals surface area contributed by atoms with Gasteiger partial charge in [0.25, 0.3) is 0 Å². The van der Waals surface area contributed by atoms with Gasteiger partial charge in [0.15, 0.2) is 0 Å². The molecule has 15 heavy (non-hydrogen) atoms. The first-order chi connectivity index (χ1) is 7.08. The Morgan fingerprint density at radius 3 is 2.33 bits per heavy atom. The Bertz CT molecular complexity index is 182. The fraction of sp³-hybridized carbons (Fsp3) is 0.917. The van der Waals surface area contributed by atoms with Crippen molar-refractivity contribution in [2.24, 2.45) is 5.92 Å². The van der Waals surface area contributed by atoms with Gasteiger partial charge in [-0.25, -0.2) is 0 Å². The van der Waals surface area contributed by atoms with Crippen molar-refractivity contribution in [3.8, 4) is 0 Å². The van der Waals surface area contributed by atoms with Gasteiger partial charge in [-0.3, -0.25) is 4.79 Å². The van der Waals surface area contributed by atoms with Gasteiger partial charge in [-0.15, -0.1) is 0 Å². The Hall–Kier alpha value is -0.570. The molecule has 0 aliphatic carbocycles. The second-order valence-corrected chi connectivity index (χ2v) is 4.03. The maximum Gasteiger partial charge on any atom is 0.309 e. The van der Waals surface area contributed by atoms with Gasteiger partial charge in [0, 0.05) is 6.04 Å². The molecule has 0 saturated carbocycles. The summed E-state index contributed by atoms with van der Waals surface area (Å²) in [4.78, 5) is 13.7. The molecule has 90 valence electrons. The minimum Gasteiger partial charge on any atom is -0.469 e. The van der Waals surface area contributed by atoms with Crippen LogP contribution >= 0.6 is 0 Å². The van der Waals surface area contributed by atoms with Gasteiger partial charge in [-0.2, -0.15) is 0 Å². The van der Waals surface area contributed by atoms with Crippen molar-refractivity contribution in [3.63, 3.8) is 0 Å². The Morgan fingerprint density at radius 1 is 1.33 bits per heavy atom. The van der Waals surface area contributed by atoms with Crippen molar-refractivity contribution >= 4 is 5.97 Å². The fourth-order valence-corrected chi connectivity index (χ4v) is 1.71. The maximum absolute atomic E-state index is 11.4. The predicted molar refractivity (Wildman–Crippen MR) is 62.8 cm³/mol. The summed E-state index contributed by atoms with van der Waals surface area (Å²) in [6, 6.07) is 0.258. The summed E-state index contributed by atoms with van der Waals surface area (Å²) in [5.41, 5.74) is 0. The zero-order valence-electron chi connectivity index (χ0n) is 10.7. The number of carbonyl (C=O) groups is 1. The van der Waals surface area contributed by atoms with Crippen LogP contribution in [0.3, 0.4) is 0 Å². The molecule has 3 heteroatoms. The van der Waals surface area contributed by atoms with Crippen LogP contribution < -0.4 is 0 Å². The van der Waals surface area contributed by atoms with Crippen LogP contribution in [0.2, 0.25) is 0 Å². The second-order valence-electron chi connectivity index (χ2n) is 4.03. The van der Waals surface area contributed by atoms with Crippen LogP contribution in [-0.4, -0.2) is 37.1 Å². The number of ether oxygens (including phenoxy) is 1. The number of nitrogens with zero attached hydrogens (tertiary/aromatic N) is 1. The molecule has 0 rings (SSSR count). The monoisotopic (exact) mass is 215 g/mol. The molecule has 3 nitrogen and oxygen atoms in total. The molecule has 0 aromatic rings. The van der Waals surface area contributed by atoms with Gasteiger partial charge in [0.1, 0.15) is 0 Å². The van der Waals surface area contributed by atoms with Crippen molar-refractivity contribution in [2.75, 3.05) is 20.2 Å². The van der Waals surface area contributed by atoms with E-state index >= 15 is 0 Å². The highest BCUT2D eigenvalue weighted by molar-refractivity contribution is 5.72. The van der Waals surface area contributed by atoms with Crippen molar-refractivity contribution in [1.82, 2.24) is 4.90 Å². The first-order valence-corrected chi connectivity index (χ1v) is 5.90. The summed E-state index contributed by atoms with van der Waals surface area (Å²) in [6.07, 6.45) is 2.38. The van der Waals surface area contributed by atoms with Crippen LogP contribution in [0.5, 0.6) is 0 Å². The minimum atomic E-state index is -0.113. The molecule has 0 spiro atoms. The minimum absolute atomic E-state index is 0.0493. The molecule has 2 atom stereocenters. The van der Waals surface area contributed by atoms with E-state index in [9.17, 15) is 4.79 Å². The van der Waals surface area contributed by atoms with E-state index in [4.69, 9.17) is 4.74 Å². The van der Waals surface area contributed by atoms with E-state index in [1.165, 1.54) is 20.0 Å². The summed E-state index contributed by atoms with van der Waals surface area (Å²) in [6.45, 7) is 10.4. The topological polar surface area (TPSA) is 29.5 Å². The van der Waals surface area contributed by atoms with Crippen LogP contribution in [0, 0.1) is 5.92 Å². The van der Waals surface area contributed by atoms with Crippen molar-refractivity contribution in [2.45, 2.75) is 46.6 Å². The Balaban J connectivity index is 4.23. The molecular weight excluding hydrogens is 190 g/mol. The third-order valence-electron chi connectivity index (χ3n) is 3.08. The molecular formula is C12H25NO2. The van der Waals surface area contributed by atoms with E-state index in [1.54, 1.807) is 0 Å². The van der Waals surface area contributed by atoms with E-state index in [1.807, 2.05) is 6.92 Å². The molecule has 0 saturated heterocycles. The summed E-state index contributed by atoms with van der Waals surface area (Å²) in [5.74, 6) is -0.163. The normalized spacial score (nSPS) is 15.1. The first kappa shape index (κ1) is 14.4. The summed E-state index contributed by atoms with van der Waals surface area (Å²) in [5, 5.41) is 0. The van der Waals surface area contributed by atoms with Gasteiger partial charge >= 0.3 is 5.97 Å². The van der Waals surface area contributed by atoms with Crippen LogP contribution in [0.1, 0.15) is 40.5 Å². The van der Waals surface area contributed by atoms with Crippen molar-refractivity contribution in [3.05, 3.63) is 0 Å². The van der Waals surface area contributed by atoms with Gasteiger partial charge < -0.3 is 9.64 Å². The molecule has 0 bridgehead atoms. The average Bonchev–Trinajstić information content (AvgIpc) is 2.27. The third kappa shape index (κ3) is 4.65. The number of methoxy groups -OCH3 is 1. The fourth-order valence-electron chi connectivity index (χ4n) is 1.71. The van der Waals surface area contributed by atoms with Crippen LogP contribution in [-0.2, 0) is 9.53 Å². The molecule has 0 N–H and O–H groups in total. The third-order valence-corrected chi connectivity index (χ3v) is 3.08. The lowest BCUT2D eigenvalue weighted by Crippen LogP contribution is -2.41. The number of hydrogen-bond acceptors (Lipinski definition) is 3. The molecule has 0 aromatic carbocycles. The average molecular weight is 215 g/mol. The van der Waals surface area contributed by atoms with Gasteiger partial charge in [0.05, 0.1) is 13.0 Å². The molecule has 0 aromatic heterocycles.